The summed E-state index contributed by atoms with van der Waals surface area (Å²) >= 11 is 8.86. The zero-order chi connectivity index (χ0) is 20.3. The Balaban J connectivity index is 1.97. The second-order valence-electron chi connectivity index (χ2n) is 6.11. The van der Waals surface area contributed by atoms with Gasteiger partial charge in [-0.15, -0.1) is 0 Å². The molecular weight excluding hydrogens is 442 g/mol. The minimum Gasteiger partial charge on any atom is -0.497 e. The molecule has 1 aliphatic rings. The largest absolute Gasteiger partial charge is 0.497 e. The number of methoxy groups -OCH3 is 2. The monoisotopic (exact) mass is 461 g/mol. The van der Waals surface area contributed by atoms with Crippen molar-refractivity contribution in [2.75, 3.05) is 19.5 Å². The molecule has 0 aromatic heterocycles. The summed E-state index contributed by atoms with van der Waals surface area (Å²) in [5.41, 5.74) is 2.69. The van der Waals surface area contributed by atoms with Gasteiger partial charge in [-0.3, -0.25) is 4.79 Å². The van der Waals surface area contributed by atoms with Crippen LogP contribution in [0.5, 0.6) is 11.5 Å². The average molecular weight is 462 g/mol. The lowest BCUT2D eigenvalue weighted by molar-refractivity contribution is -0.113. The van der Waals surface area contributed by atoms with E-state index in [9.17, 15) is 4.79 Å². The van der Waals surface area contributed by atoms with Crippen molar-refractivity contribution >= 4 is 44.9 Å². The van der Waals surface area contributed by atoms with Crippen molar-refractivity contribution in [3.05, 3.63) is 63.8 Å². The van der Waals surface area contributed by atoms with Gasteiger partial charge < -0.3 is 25.4 Å². The summed E-state index contributed by atoms with van der Waals surface area (Å²) in [4.78, 5) is 13.2. The number of rotatable bonds is 5. The third-order valence-electron chi connectivity index (χ3n) is 4.39. The summed E-state index contributed by atoms with van der Waals surface area (Å²) in [6.45, 7) is 1.83. The Labute approximate surface area is 177 Å². The zero-order valence-corrected chi connectivity index (χ0v) is 18.0. The van der Waals surface area contributed by atoms with Crippen LogP contribution in [0.4, 0.5) is 5.69 Å². The molecule has 3 N–H and O–H groups in total. The fourth-order valence-corrected chi connectivity index (χ4v) is 3.81. The second-order valence-corrected chi connectivity index (χ2v) is 7.37. The maximum absolute atomic E-state index is 13.2. The van der Waals surface area contributed by atoms with Crippen LogP contribution in [0, 0.1) is 0 Å². The van der Waals surface area contributed by atoms with Crippen molar-refractivity contribution in [3.8, 4) is 11.5 Å². The van der Waals surface area contributed by atoms with Gasteiger partial charge >= 0.3 is 0 Å². The highest BCUT2D eigenvalue weighted by atomic mass is 79.9. The summed E-state index contributed by atoms with van der Waals surface area (Å²) in [6.07, 6.45) is 0. The molecule has 3 rings (SSSR count). The molecule has 1 aliphatic heterocycles. The number of halogens is 1. The molecular formula is C20H20BrN3O3S. The molecule has 2 aromatic rings. The summed E-state index contributed by atoms with van der Waals surface area (Å²) in [7, 11) is 3.12. The van der Waals surface area contributed by atoms with E-state index in [2.05, 4.69) is 31.9 Å². The first-order valence-electron chi connectivity index (χ1n) is 8.50. The van der Waals surface area contributed by atoms with E-state index >= 15 is 0 Å². The number of nitrogens with one attached hydrogen (secondary N) is 3. The van der Waals surface area contributed by atoms with Crippen LogP contribution in [-0.4, -0.2) is 25.2 Å². The SMILES string of the molecule is COc1ccc(NC(=O)C2=C(C)NC(=S)N[C@@H]2c2ccccc2Br)c(OC)c1. The van der Waals surface area contributed by atoms with Crippen molar-refractivity contribution < 1.29 is 14.3 Å². The first kappa shape index (κ1) is 20.2. The van der Waals surface area contributed by atoms with E-state index in [0.29, 0.717) is 33.6 Å². The molecule has 0 bridgehead atoms. The average Bonchev–Trinajstić information content (AvgIpc) is 2.67. The number of carbonyl (C=O) groups excluding carboxylic acids is 1. The Bertz CT molecular complexity index is 961. The number of amides is 1. The van der Waals surface area contributed by atoms with E-state index in [4.69, 9.17) is 21.7 Å². The molecule has 1 atom stereocenters. The van der Waals surface area contributed by atoms with Crippen LogP contribution in [0.3, 0.4) is 0 Å². The van der Waals surface area contributed by atoms with Crippen molar-refractivity contribution in [3.63, 3.8) is 0 Å². The number of carbonyl (C=O) groups is 1. The van der Waals surface area contributed by atoms with Gasteiger partial charge in [-0.05, 0) is 42.9 Å². The molecule has 0 saturated carbocycles. The Hall–Kier alpha value is -2.58. The fraction of sp³-hybridized carbons (Fsp3) is 0.200. The van der Waals surface area contributed by atoms with Gasteiger partial charge in [0.05, 0.1) is 31.5 Å². The van der Waals surface area contributed by atoms with Gasteiger partial charge in [-0.2, -0.15) is 0 Å². The fourth-order valence-electron chi connectivity index (χ4n) is 3.03. The number of ether oxygens (including phenoxy) is 2. The van der Waals surface area contributed by atoms with E-state index < -0.39 is 6.04 Å². The summed E-state index contributed by atoms with van der Waals surface area (Å²) in [6, 6.07) is 12.5. The smallest absolute Gasteiger partial charge is 0.255 e. The molecule has 0 saturated heterocycles. The Morgan fingerprint density at radius 3 is 2.61 bits per heavy atom. The number of thiocarbonyl (C=S) groups is 1. The van der Waals surface area contributed by atoms with E-state index in [-0.39, 0.29) is 5.91 Å². The van der Waals surface area contributed by atoms with E-state index in [1.54, 1.807) is 32.4 Å². The molecule has 1 amide bonds. The highest BCUT2D eigenvalue weighted by Crippen LogP contribution is 2.34. The van der Waals surface area contributed by atoms with Gasteiger partial charge in [0.1, 0.15) is 11.5 Å². The Morgan fingerprint density at radius 2 is 1.93 bits per heavy atom. The van der Waals surface area contributed by atoms with Crippen molar-refractivity contribution in [2.24, 2.45) is 0 Å². The predicted molar refractivity (Wildman–Crippen MR) is 117 cm³/mol. The van der Waals surface area contributed by atoms with Gasteiger partial charge in [0.25, 0.3) is 5.91 Å². The van der Waals surface area contributed by atoms with E-state index in [1.807, 2.05) is 31.2 Å². The number of hydrogen-bond donors (Lipinski definition) is 3. The van der Waals surface area contributed by atoms with Crippen molar-refractivity contribution in [2.45, 2.75) is 13.0 Å². The third kappa shape index (κ3) is 4.13. The minimum absolute atomic E-state index is 0.260. The van der Waals surface area contributed by atoms with Gasteiger partial charge in [-0.25, -0.2) is 0 Å². The lowest BCUT2D eigenvalue weighted by Crippen LogP contribution is -2.45. The molecule has 28 heavy (non-hydrogen) atoms. The van der Waals surface area contributed by atoms with Gasteiger partial charge in [0.2, 0.25) is 0 Å². The quantitative estimate of drug-likeness (QED) is 0.586. The lowest BCUT2D eigenvalue weighted by Gasteiger charge is -2.31. The molecule has 0 spiro atoms. The highest BCUT2D eigenvalue weighted by Gasteiger charge is 2.31. The standard InChI is InChI=1S/C20H20BrN3O3S/c1-11-17(18(24-20(28)22-11)13-6-4-5-7-14(13)21)19(25)23-15-9-8-12(26-2)10-16(15)27-3/h4-10,18H,1-3H3,(H,23,25)(H2,22,24,28)/t18-/m1/s1. The van der Waals surface area contributed by atoms with Crippen LogP contribution >= 0.6 is 28.1 Å². The maximum Gasteiger partial charge on any atom is 0.255 e. The van der Waals surface area contributed by atoms with Crippen LogP contribution in [0.25, 0.3) is 0 Å². The van der Waals surface area contributed by atoms with Gasteiger partial charge in [-0.1, -0.05) is 34.1 Å². The predicted octanol–water partition coefficient (Wildman–Crippen LogP) is 3.90. The zero-order valence-electron chi connectivity index (χ0n) is 15.6. The van der Waals surface area contributed by atoms with Crippen molar-refractivity contribution in [1.29, 1.82) is 0 Å². The molecule has 0 fully saturated rings. The highest BCUT2D eigenvalue weighted by molar-refractivity contribution is 9.10. The molecule has 0 unspecified atom stereocenters. The maximum atomic E-state index is 13.2. The third-order valence-corrected chi connectivity index (χ3v) is 5.33. The van der Waals surface area contributed by atoms with Crippen LogP contribution < -0.4 is 25.4 Å². The number of allylic oxidation sites excluding steroid dienone is 1. The molecule has 6 nitrogen and oxygen atoms in total. The van der Waals surface area contributed by atoms with E-state index in [0.717, 1.165) is 10.0 Å². The summed E-state index contributed by atoms with van der Waals surface area (Å²) in [5.74, 6) is 0.891. The molecule has 0 aliphatic carbocycles. The normalized spacial score (nSPS) is 16.1. The molecule has 2 aromatic carbocycles. The van der Waals surface area contributed by atoms with Crippen LogP contribution in [0.2, 0.25) is 0 Å². The molecule has 0 radical (unpaired) electrons. The summed E-state index contributed by atoms with van der Waals surface area (Å²) < 4.78 is 11.5. The number of anilines is 1. The Kier molecular flexibility index (Phi) is 6.21. The number of hydrogen-bond acceptors (Lipinski definition) is 4. The lowest BCUT2D eigenvalue weighted by atomic mass is 9.95. The van der Waals surface area contributed by atoms with Crippen LogP contribution in [0.15, 0.2) is 58.2 Å². The second kappa shape index (κ2) is 8.62. The van der Waals surface area contributed by atoms with Gasteiger partial charge in [0.15, 0.2) is 5.11 Å². The van der Waals surface area contributed by atoms with Crippen LogP contribution in [-0.2, 0) is 4.79 Å². The molecule has 146 valence electrons. The summed E-state index contributed by atoms with van der Waals surface area (Å²) in [5, 5.41) is 9.62. The van der Waals surface area contributed by atoms with Crippen molar-refractivity contribution in [1.82, 2.24) is 10.6 Å². The first-order valence-corrected chi connectivity index (χ1v) is 9.70. The molecule has 1 heterocycles. The van der Waals surface area contributed by atoms with E-state index in [1.165, 1.54) is 0 Å². The van der Waals surface area contributed by atoms with Gasteiger partial charge in [0, 0.05) is 16.2 Å². The van der Waals surface area contributed by atoms with Crippen LogP contribution in [0.1, 0.15) is 18.5 Å². The Morgan fingerprint density at radius 1 is 1.18 bits per heavy atom. The first-order chi connectivity index (χ1) is 13.4. The molecule has 8 heteroatoms. The minimum atomic E-state index is -0.395. The number of benzene rings is 2. The topological polar surface area (TPSA) is 71.6 Å².